The minimum Gasteiger partial charge on any atom is -0.398 e. The Morgan fingerprint density at radius 2 is 2.18 bits per heavy atom. The normalized spacial score (nSPS) is 12.1. The first-order valence-corrected chi connectivity index (χ1v) is 7.18. The monoisotopic (exact) mass is 254 g/mol. The molecule has 1 aromatic rings. The summed E-state index contributed by atoms with van der Waals surface area (Å²) in [4.78, 5) is 11.8. The van der Waals surface area contributed by atoms with Crippen LogP contribution < -0.4 is 11.1 Å². The topological polar surface area (TPSA) is 72.2 Å². The van der Waals surface area contributed by atoms with Gasteiger partial charge in [0.2, 0.25) is 0 Å². The summed E-state index contributed by atoms with van der Waals surface area (Å²) < 4.78 is 10.8. The molecule has 3 N–H and O–H groups in total. The zero-order valence-electron chi connectivity index (χ0n) is 10.2. The van der Waals surface area contributed by atoms with E-state index in [1.165, 1.54) is 0 Å². The number of nitrogens with one attached hydrogen (secondary N) is 1. The van der Waals surface area contributed by atoms with Crippen molar-refractivity contribution in [3.05, 3.63) is 29.3 Å². The number of carbonyl (C=O) groups excluding carboxylic acids is 1. The van der Waals surface area contributed by atoms with E-state index in [0.717, 1.165) is 5.56 Å². The van der Waals surface area contributed by atoms with E-state index in [0.29, 0.717) is 30.0 Å². The SMILES string of the molecule is Cc1ccc(C(=O)NCCCS(C)=O)c(N)c1. The highest BCUT2D eigenvalue weighted by atomic mass is 32.2. The number of rotatable bonds is 5. The Morgan fingerprint density at radius 1 is 1.47 bits per heavy atom. The van der Waals surface area contributed by atoms with E-state index >= 15 is 0 Å². The van der Waals surface area contributed by atoms with Crippen molar-refractivity contribution in [2.45, 2.75) is 13.3 Å². The number of amides is 1. The second-order valence-electron chi connectivity index (χ2n) is 3.98. The third-order valence-corrected chi connectivity index (χ3v) is 3.21. The van der Waals surface area contributed by atoms with Crippen molar-refractivity contribution in [1.82, 2.24) is 5.32 Å². The molecule has 1 atom stereocenters. The van der Waals surface area contributed by atoms with E-state index in [9.17, 15) is 9.00 Å². The summed E-state index contributed by atoms with van der Waals surface area (Å²) in [6.07, 6.45) is 2.36. The van der Waals surface area contributed by atoms with Crippen molar-refractivity contribution >= 4 is 22.4 Å². The lowest BCUT2D eigenvalue weighted by Crippen LogP contribution is -2.26. The third-order valence-electron chi connectivity index (χ3n) is 2.35. The minimum absolute atomic E-state index is 0.176. The Morgan fingerprint density at radius 3 is 2.76 bits per heavy atom. The van der Waals surface area contributed by atoms with Gasteiger partial charge in [-0.25, -0.2) is 0 Å². The molecule has 1 unspecified atom stereocenters. The van der Waals surface area contributed by atoms with Gasteiger partial charge in [-0.2, -0.15) is 0 Å². The molecule has 0 saturated carbocycles. The molecule has 1 amide bonds. The quantitative estimate of drug-likeness (QED) is 0.610. The van der Waals surface area contributed by atoms with Crippen LogP contribution in [0.15, 0.2) is 18.2 Å². The summed E-state index contributed by atoms with van der Waals surface area (Å²) in [5.74, 6) is 0.424. The van der Waals surface area contributed by atoms with Crippen LogP contribution >= 0.6 is 0 Å². The zero-order valence-corrected chi connectivity index (χ0v) is 11.0. The molecule has 0 aliphatic rings. The van der Waals surface area contributed by atoms with E-state index in [4.69, 9.17) is 5.73 Å². The molecule has 0 spiro atoms. The molecule has 0 heterocycles. The molecule has 4 nitrogen and oxygen atoms in total. The van der Waals surface area contributed by atoms with E-state index in [-0.39, 0.29) is 5.91 Å². The molecule has 0 aliphatic heterocycles. The molecular formula is C12H18N2O2S. The van der Waals surface area contributed by atoms with Crippen LogP contribution in [-0.4, -0.2) is 28.7 Å². The molecule has 5 heteroatoms. The van der Waals surface area contributed by atoms with Crippen LogP contribution in [0.5, 0.6) is 0 Å². The predicted molar refractivity (Wildman–Crippen MR) is 71.5 cm³/mol. The molecule has 0 radical (unpaired) electrons. The highest BCUT2D eigenvalue weighted by Crippen LogP contribution is 2.13. The molecule has 0 fully saturated rings. The van der Waals surface area contributed by atoms with Gasteiger partial charge in [-0.1, -0.05) is 6.07 Å². The Kier molecular flexibility index (Phi) is 5.15. The molecule has 0 bridgehead atoms. The summed E-state index contributed by atoms with van der Waals surface area (Å²) in [6, 6.07) is 5.35. The van der Waals surface area contributed by atoms with Gasteiger partial charge in [0.05, 0.1) is 5.56 Å². The number of nitrogens with two attached hydrogens (primary N) is 1. The largest absolute Gasteiger partial charge is 0.398 e. The van der Waals surface area contributed by atoms with Gasteiger partial charge >= 0.3 is 0 Å². The van der Waals surface area contributed by atoms with Gasteiger partial charge in [0.15, 0.2) is 0 Å². The number of hydrogen-bond acceptors (Lipinski definition) is 3. The summed E-state index contributed by atoms with van der Waals surface area (Å²) >= 11 is 0. The van der Waals surface area contributed by atoms with Gasteiger partial charge in [-0.3, -0.25) is 9.00 Å². The second kappa shape index (κ2) is 6.39. The zero-order chi connectivity index (χ0) is 12.8. The van der Waals surface area contributed by atoms with Crippen LogP contribution in [0, 0.1) is 6.92 Å². The van der Waals surface area contributed by atoms with E-state index in [1.807, 2.05) is 13.0 Å². The van der Waals surface area contributed by atoms with Crippen molar-refractivity contribution in [3.63, 3.8) is 0 Å². The minimum atomic E-state index is -0.808. The summed E-state index contributed by atoms with van der Waals surface area (Å²) in [7, 11) is -0.808. The number of hydrogen-bond donors (Lipinski definition) is 2. The molecular weight excluding hydrogens is 236 g/mol. The maximum absolute atomic E-state index is 11.8. The average Bonchev–Trinajstić information content (AvgIpc) is 2.23. The number of carbonyl (C=O) groups is 1. The Bertz CT molecular complexity index is 433. The smallest absolute Gasteiger partial charge is 0.253 e. The molecule has 1 aromatic carbocycles. The number of anilines is 1. The third kappa shape index (κ3) is 4.56. The number of aryl methyl sites for hydroxylation is 1. The fourth-order valence-corrected chi connectivity index (χ4v) is 2.01. The number of nitrogen functional groups attached to an aromatic ring is 1. The molecule has 1 rings (SSSR count). The van der Waals surface area contributed by atoms with E-state index in [1.54, 1.807) is 18.4 Å². The van der Waals surface area contributed by atoms with Crippen molar-refractivity contribution in [3.8, 4) is 0 Å². The lowest BCUT2D eigenvalue weighted by atomic mass is 10.1. The summed E-state index contributed by atoms with van der Waals surface area (Å²) in [6.45, 7) is 2.44. The van der Waals surface area contributed by atoms with Crippen LogP contribution in [0.1, 0.15) is 22.3 Å². The van der Waals surface area contributed by atoms with Crippen LogP contribution in [0.4, 0.5) is 5.69 Å². The van der Waals surface area contributed by atoms with E-state index in [2.05, 4.69) is 5.32 Å². The van der Waals surface area contributed by atoms with Crippen LogP contribution in [0.2, 0.25) is 0 Å². The Balaban J connectivity index is 2.50. The Hall–Kier alpha value is -1.36. The first-order valence-electron chi connectivity index (χ1n) is 5.45. The van der Waals surface area contributed by atoms with Crippen LogP contribution in [0.25, 0.3) is 0 Å². The van der Waals surface area contributed by atoms with Gasteiger partial charge < -0.3 is 11.1 Å². The molecule has 0 aliphatic carbocycles. The van der Waals surface area contributed by atoms with E-state index < -0.39 is 10.8 Å². The maximum Gasteiger partial charge on any atom is 0.253 e. The Labute approximate surface area is 104 Å². The van der Waals surface area contributed by atoms with Crippen LogP contribution in [-0.2, 0) is 10.8 Å². The van der Waals surface area contributed by atoms with Crippen molar-refractivity contribution in [1.29, 1.82) is 0 Å². The van der Waals surface area contributed by atoms with Crippen molar-refractivity contribution in [2.75, 3.05) is 24.3 Å². The summed E-state index contributed by atoms with van der Waals surface area (Å²) in [5.41, 5.74) is 7.77. The first-order chi connectivity index (χ1) is 8.00. The molecule has 0 saturated heterocycles. The van der Waals surface area contributed by atoms with Gasteiger partial charge in [-0.15, -0.1) is 0 Å². The van der Waals surface area contributed by atoms with Gasteiger partial charge in [0.1, 0.15) is 0 Å². The molecule has 17 heavy (non-hydrogen) atoms. The fourth-order valence-electron chi connectivity index (χ4n) is 1.46. The predicted octanol–water partition coefficient (Wildman–Crippen LogP) is 1.08. The first kappa shape index (κ1) is 13.7. The highest BCUT2D eigenvalue weighted by molar-refractivity contribution is 7.84. The standard InChI is InChI=1S/C12H18N2O2S/c1-9-4-5-10(11(13)8-9)12(15)14-6-3-7-17(2)16/h4-5,8H,3,6-7,13H2,1-2H3,(H,14,15). The lowest BCUT2D eigenvalue weighted by Gasteiger charge is -2.07. The summed E-state index contributed by atoms with van der Waals surface area (Å²) in [5, 5.41) is 2.76. The maximum atomic E-state index is 11.8. The molecule has 94 valence electrons. The average molecular weight is 254 g/mol. The number of benzene rings is 1. The van der Waals surface area contributed by atoms with Crippen molar-refractivity contribution < 1.29 is 9.00 Å². The van der Waals surface area contributed by atoms with Gasteiger partial charge in [0.25, 0.3) is 5.91 Å². The van der Waals surface area contributed by atoms with Crippen LogP contribution in [0.3, 0.4) is 0 Å². The van der Waals surface area contributed by atoms with Gasteiger partial charge in [0, 0.05) is 35.0 Å². The highest BCUT2D eigenvalue weighted by Gasteiger charge is 2.08. The second-order valence-corrected chi connectivity index (χ2v) is 5.53. The van der Waals surface area contributed by atoms with Gasteiger partial charge in [-0.05, 0) is 31.0 Å². The fraction of sp³-hybridized carbons (Fsp3) is 0.417. The molecule has 0 aromatic heterocycles. The van der Waals surface area contributed by atoms with Crippen molar-refractivity contribution in [2.24, 2.45) is 0 Å². The lowest BCUT2D eigenvalue weighted by molar-refractivity contribution is 0.0954.